The topological polar surface area (TPSA) is 46.9 Å². The van der Waals surface area contributed by atoms with Crippen LogP contribution in [0.15, 0.2) is 78.9 Å². The van der Waals surface area contributed by atoms with Crippen LogP contribution in [-0.2, 0) is 24.2 Å². The highest BCUT2D eigenvalue weighted by Gasteiger charge is 2.11. The SMILES string of the molecule is O=C(Cc1ccc(Cl)cc1)NCCc1nc2ccccc2n1Cc1ccccc1. The molecule has 0 saturated carbocycles. The van der Waals surface area contributed by atoms with Crippen LogP contribution in [0.2, 0.25) is 5.02 Å². The molecule has 4 aromatic rings. The van der Waals surface area contributed by atoms with Crippen LogP contribution in [-0.4, -0.2) is 22.0 Å². The van der Waals surface area contributed by atoms with E-state index in [1.54, 1.807) is 12.1 Å². The van der Waals surface area contributed by atoms with Gasteiger partial charge in [-0.05, 0) is 35.4 Å². The second-order valence-electron chi connectivity index (χ2n) is 6.99. The molecule has 0 aliphatic carbocycles. The van der Waals surface area contributed by atoms with Gasteiger partial charge in [0.2, 0.25) is 5.91 Å². The highest BCUT2D eigenvalue weighted by Crippen LogP contribution is 2.18. The average molecular weight is 404 g/mol. The first kappa shape index (κ1) is 19.2. The van der Waals surface area contributed by atoms with Gasteiger partial charge in [0, 0.05) is 24.5 Å². The number of aromatic nitrogens is 2. The molecule has 0 aliphatic rings. The van der Waals surface area contributed by atoms with E-state index < -0.39 is 0 Å². The first-order valence-electron chi connectivity index (χ1n) is 9.68. The average Bonchev–Trinajstić information content (AvgIpc) is 3.08. The van der Waals surface area contributed by atoms with Gasteiger partial charge >= 0.3 is 0 Å². The maximum absolute atomic E-state index is 12.3. The van der Waals surface area contributed by atoms with Gasteiger partial charge in [-0.2, -0.15) is 0 Å². The van der Waals surface area contributed by atoms with Gasteiger partial charge in [0.05, 0.1) is 17.5 Å². The molecule has 0 bridgehead atoms. The zero-order valence-corrected chi connectivity index (χ0v) is 16.8. The predicted octanol–water partition coefficient (Wildman–Crippen LogP) is 4.64. The summed E-state index contributed by atoms with van der Waals surface area (Å²) in [6, 6.07) is 25.9. The summed E-state index contributed by atoms with van der Waals surface area (Å²) >= 11 is 5.90. The Bertz CT molecular complexity index is 1100. The van der Waals surface area contributed by atoms with Gasteiger partial charge in [-0.1, -0.05) is 66.2 Å². The molecule has 0 unspecified atom stereocenters. The Hall–Kier alpha value is -3.11. The molecule has 1 N–H and O–H groups in total. The van der Waals surface area contributed by atoms with Gasteiger partial charge in [-0.3, -0.25) is 4.79 Å². The second-order valence-corrected chi connectivity index (χ2v) is 7.43. The monoisotopic (exact) mass is 403 g/mol. The second kappa shape index (κ2) is 8.93. The van der Waals surface area contributed by atoms with Gasteiger partial charge in [0.1, 0.15) is 5.82 Å². The molecule has 1 aromatic heterocycles. The molecular weight excluding hydrogens is 382 g/mol. The fourth-order valence-corrected chi connectivity index (χ4v) is 3.55. The summed E-state index contributed by atoms with van der Waals surface area (Å²) in [5, 5.41) is 3.68. The van der Waals surface area contributed by atoms with Crippen molar-refractivity contribution in [3.05, 3.63) is 101 Å². The molecule has 5 heteroatoms. The maximum Gasteiger partial charge on any atom is 0.224 e. The molecule has 4 nitrogen and oxygen atoms in total. The van der Waals surface area contributed by atoms with Gasteiger partial charge < -0.3 is 9.88 Å². The first-order chi connectivity index (χ1) is 14.2. The highest BCUT2D eigenvalue weighted by molar-refractivity contribution is 6.30. The first-order valence-corrected chi connectivity index (χ1v) is 10.1. The van der Waals surface area contributed by atoms with E-state index in [9.17, 15) is 4.79 Å². The number of halogens is 1. The zero-order valence-electron chi connectivity index (χ0n) is 16.0. The van der Waals surface area contributed by atoms with E-state index in [0.717, 1.165) is 29.0 Å². The van der Waals surface area contributed by atoms with Crippen molar-refractivity contribution >= 4 is 28.5 Å². The Balaban J connectivity index is 1.44. The molecule has 0 radical (unpaired) electrons. The molecule has 4 rings (SSSR count). The summed E-state index contributed by atoms with van der Waals surface area (Å²) < 4.78 is 2.23. The maximum atomic E-state index is 12.3. The van der Waals surface area contributed by atoms with Crippen LogP contribution in [0.5, 0.6) is 0 Å². The van der Waals surface area contributed by atoms with E-state index in [-0.39, 0.29) is 5.91 Å². The van der Waals surface area contributed by atoms with Crippen molar-refractivity contribution in [1.29, 1.82) is 0 Å². The van der Waals surface area contributed by atoms with Crippen LogP contribution in [0.1, 0.15) is 17.0 Å². The molecule has 0 spiro atoms. The summed E-state index contributed by atoms with van der Waals surface area (Å²) in [7, 11) is 0. The Labute approximate surface area is 175 Å². The van der Waals surface area contributed by atoms with Crippen molar-refractivity contribution in [2.24, 2.45) is 0 Å². The van der Waals surface area contributed by atoms with E-state index in [1.165, 1.54) is 5.56 Å². The number of nitrogens with zero attached hydrogens (tertiary/aromatic N) is 2. The normalized spacial score (nSPS) is 10.9. The zero-order chi connectivity index (χ0) is 20.1. The Morgan fingerprint density at radius 2 is 1.62 bits per heavy atom. The van der Waals surface area contributed by atoms with Crippen molar-refractivity contribution in [2.75, 3.05) is 6.54 Å². The van der Waals surface area contributed by atoms with Crippen LogP contribution in [0.4, 0.5) is 0 Å². The third kappa shape index (κ3) is 4.84. The lowest BCUT2D eigenvalue weighted by Gasteiger charge is -2.10. The molecule has 0 atom stereocenters. The number of imidazole rings is 1. The van der Waals surface area contributed by atoms with Crippen molar-refractivity contribution in [2.45, 2.75) is 19.4 Å². The molecule has 1 heterocycles. The summed E-state index contributed by atoms with van der Waals surface area (Å²) in [6.45, 7) is 1.31. The predicted molar refractivity (Wildman–Crippen MR) is 117 cm³/mol. The molecule has 0 fully saturated rings. The Morgan fingerprint density at radius 3 is 2.41 bits per heavy atom. The van der Waals surface area contributed by atoms with Crippen molar-refractivity contribution in [1.82, 2.24) is 14.9 Å². The number of hydrogen-bond donors (Lipinski definition) is 1. The van der Waals surface area contributed by atoms with E-state index in [4.69, 9.17) is 16.6 Å². The third-order valence-electron chi connectivity index (χ3n) is 4.87. The fraction of sp³-hybridized carbons (Fsp3) is 0.167. The van der Waals surface area contributed by atoms with Gasteiger partial charge in [0.25, 0.3) is 0 Å². The number of benzene rings is 3. The quantitative estimate of drug-likeness (QED) is 0.488. The van der Waals surface area contributed by atoms with Gasteiger partial charge in [0.15, 0.2) is 0 Å². The van der Waals surface area contributed by atoms with Crippen molar-refractivity contribution in [3.8, 4) is 0 Å². The number of para-hydroxylation sites is 2. The molecule has 1 amide bonds. The summed E-state index contributed by atoms with van der Waals surface area (Å²) in [5.41, 5.74) is 4.26. The number of rotatable bonds is 7. The summed E-state index contributed by atoms with van der Waals surface area (Å²) in [5.74, 6) is 0.972. The Morgan fingerprint density at radius 1 is 0.897 bits per heavy atom. The van der Waals surface area contributed by atoms with Crippen LogP contribution in [0.3, 0.4) is 0 Å². The van der Waals surface area contributed by atoms with E-state index in [1.807, 2.05) is 48.5 Å². The minimum Gasteiger partial charge on any atom is -0.355 e. The largest absolute Gasteiger partial charge is 0.355 e. The number of carbonyl (C=O) groups is 1. The van der Waals surface area contributed by atoms with Crippen LogP contribution in [0.25, 0.3) is 11.0 Å². The summed E-state index contributed by atoms with van der Waals surface area (Å²) in [6.07, 6.45) is 1.02. The minimum atomic E-state index is -0.00181. The molecule has 29 heavy (non-hydrogen) atoms. The lowest BCUT2D eigenvalue weighted by molar-refractivity contribution is -0.120. The molecule has 0 aliphatic heterocycles. The van der Waals surface area contributed by atoms with Crippen LogP contribution >= 0.6 is 11.6 Å². The number of hydrogen-bond acceptors (Lipinski definition) is 2. The third-order valence-corrected chi connectivity index (χ3v) is 5.12. The van der Waals surface area contributed by atoms with Crippen molar-refractivity contribution < 1.29 is 4.79 Å². The standard InChI is InChI=1S/C24H22ClN3O/c25-20-12-10-18(11-13-20)16-24(29)26-15-14-23-27-21-8-4-5-9-22(21)28(23)17-19-6-2-1-3-7-19/h1-13H,14-17H2,(H,26,29). The lowest BCUT2D eigenvalue weighted by atomic mass is 10.1. The van der Waals surface area contributed by atoms with Gasteiger partial charge in [-0.15, -0.1) is 0 Å². The van der Waals surface area contributed by atoms with Crippen LogP contribution in [0, 0.1) is 0 Å². The van der Waals surface area contributed by atoms with Crippen LogP contribution < -0.4 is 5.32 Å². The number of carbonyl (C=O) groups excluding carboxylic acids is 1. The van der Waals surface area contributed by atoms with E-state index in [2.05, 4.69) is 28.1 Å². The molecule has 0 saturated heterocycles. The molecule has 146 valence electrons. The van der Waals surface area contributed by atoms with Crippen molar-refractivity contribution in [3.63, 3.8) is 0 Å². The minimum absolute atomic E-state index is 0.00181. The number of amides is 1. The molecular formula is C24H22ClN3O. The fourth-order valence-electron chi connectivity index (χ4n) is 3.42. The highest BCUT2D eigenvalue weighted by atomic mass is 35.5. The molecule has 3 aromatic carbocycles. The lowest BCUT2D eigenvalue weighted by Crippen LogP contribution is -2.28. The summed E-state index contributed by atoms with van der Waals surface area (Å²) in [4.78, 5) is 17.1. The smallest absolute Gasteiger partial charge is 0.224 e. The number of fused-ring (bicyclic) bond motifs is 1. The van der Waals surface area contributed by atoms with E-state index >= 15 is 0 Å². The van der Waals surface area contributed by atoms with E-state index in [0.29, 0.717) is 24.4 Å². The van der Waals surface area contributed by atoms with Gasteiger partial charge in [-0.25, -0.2) is 4.98 Å². The Kier molecular flexibility index (Phi) is 5.92. The number of nitrogens with one attached hydrogen (secondary N) is 1.